The Morgan fingerprint density at radius 2 is 1.89 bits per heavy atom. The van der Waals surface area contributed by atoms with Gasteiger partial charge in [0.15, 0.2) is 0 Å². The van der Waals surface area contributed by atoms with Crippen molar-refractivity contribution >= 4 is 10.0 Å². The molecule has 0 radical (unpaired) electrons. The number of rotatable bonds is 5. The van der Waals surface area contributed by atoms with Gasteiger partial charge in [0.05, 0.1) is 11.4 Å². The first-order valence-corrected chi connectivity index (χ1v) is 7.54. The van der Waals surface area contributed by atoms with Gasteiger partial charge in [0, 0.05) is 6.54 Å². The average molecular weight is 277 g/mol. The summed E-state index contributed by atoms with van der Waals surface area (Å²) in [5.41, 5.74) is 1.03. The van der Waals surface area contributed by atoms with Crippen LogP contribution in [0.5, 0.6) is 0 Å². The molecule has 1 rings (SSSR count). The van der Waals surface area contributed by atoms with E-state index in [0.29, 0.717) is 11.4 Å². The Kier molecular flexibility index (Phi) is 5.81. The molecule has 0 amide bonds. The van der Waals surface area contributed by atoms with Crippen LogP contribution in [0, 0.1) is 18.8 Å². The van der Waals surface area contributed by atoms with Crippen molar-refractivity contribution in [1.29, 1.82) is 0 Å². The van der Waals surface area contributed by atoms with Gasteiger partial charge in [-0.2, -0.15) is 4.31 Å². The predicted molar refractivity (Wildman–Crippen MR) is 78.2 cm³/mol. The molecule has 0 saturated heterocycles. The lowest BCUT2D eigenvalue weighted by molar-refractivity contribution is 0.478. The minimum Gasteiger partial charge on any atom is -0.207 e. The highest BCUT2D eigenvalue weighted by Crippen LogP contribution is 2.16. The molecule has 0 heterocycles. The van der Waals surface area contributed by atoms with E-state index >= 15 is 0 Å². The first-order chi connectivity index (χ1) is 9.02. The fourth-order valence-electron chi connectivity index (χ4n) is 1.50. The lowest BCUT2D eigenvalue weighted by Gasteiger charge is -2.18. The third kappa shape index (κ3) is 4.23. The van der Waals surface area contributed by atoms with Gasteiger partial charge in [0.1, 0.15) is 0 Å². The van der Waals surface area contributed by atoms with E-state index in [1.54, 1.807) is 31.2 Å². The molecule has 19 heavy (non-hydrogen) atoms. The number of sulfonamides is 1. The summed E-state index contributed by atoms with van der Waals surface area (Å²) in [6.45, 7) is 6.03. The molecule has 0 fully saturated rings. The fraction of sp³-hybridized carbons (Fsp3) is 0.333. The molecule has 0 aliphatic rings. The zero-order valence-corrected chi connectivity index (χ0v) is 12.4. The van der Waals surface area contributed by atoms with E-state index < -0.39 is 10.0 Å². The molecule has 4 heteroatoms. The van der Waals surface area contributed by atoms with Crippen molar-refractivity contribution in [3.05, 3.63) is 42.0 Å². The van der Waals surface area contributed by atoms with Gasteiger partial charge < -0.3 is 0 Å². The number of benzene rings is 1. The molecule has 0 aromatic heterocycles. The fourth-order valence-corrected chi connectivity index (χ4v) is 2.79. The smallest absolute Gasteiger partial charge is 0.207 e. The van der Waals surface area contributed by atoms with Crippen molar-refractivity contribution in [2.24, 2.45) is 0 Å². The summed E-state index contributed by atoms with van der Waals surface area (Å²) in [5, 5.41) is 0. The maximum Gasteiger partial charge on any atom is 0.244 e. The second kappa shape index (κ2) is 7.13. The van der Waals surface area contributed by atoms with Gasteiger partial charge >= 0.3 is 0 Å². The summed E-state index contributed by atoms with van der Waals surface area (Å²) in [5.74, 6) is 5.53. The van der Waals surface area contributed by atoms with Gasteiger partial charge in [-0.1, -0.05) is 35.8 Å². The normalized spacial score (nSPS) is 11.6. The van der Waals surface area contributed by atoms with Crippen molar-refractivity contribution in [2.75, 3.05) is 13.1 Å². The highest BCUT2D eigenvalue weighted by molar-refractivity contribution is 7.89. The highest BCUT2D eigenvalue weighted by Gasteiger charge is 2.22. The van der Waals surface area contributed by atoms with Gasteiger partial charge in [0.25, 0.3) is 0 Å². The molecule has 0 saturated carbocycles. The molecule has 0 bridgehead atoms. The van der Waals surface area contributed by atoms with E-state index in [4.69, 9.17) is 0 Å². The quantitative estimate of drug-likeness (QED) is 0.613. The molecule has 0 atom stereocenters. The molecule has 3 nitrogen and oxygen atoms in total. The molecule has 0 N–H and O–H groups in total. The van der Waals surface area contributed by atoms with Crippen LogP contribution < -0.4 is 0 Å². The Labute approximate surface area is 116 Å². The Bertz CT molecular complexity index is 589. The first-order valence-electron chi connectivity index (χ1n) is 6.10. The minimum atomic E-state index is -3.48. The molecule has 0 unspecified atom stereocenters. The van der Waals surface area contributed by atoms with Gasteiger partial charge in [-0.15, -0.1) is 5.92 Å². The zero-order chi connectivity index (χ0) is 14.3. The molecular weight excluding hydrogens is 258 g/mol. The van der Waals surface area contributed by atoms with Gasteiger partial charge in [0.2, 0.25) is 10.0 Å². The van der Waals surface area contributed by atoms with Crippen LogP contribution in [0.4, 0.5) is 0 Å². The lowest BCUT2D eigenvalue weighted by Crippen LogP contribution is -2.31. The standard InChI is InChI=1S/C15H19NO2S/c1-4-6-12-16(13-7-5-2)19(17,18)15-10-8-14(3)9-11-15/h4,6,8-11H,12-13H2,1-3H3/b6-4+. The van der Waals surface area contributed by atoms with Crippen molar-refractivity contribution in [3.63, 3.8) is 0 Å². The van der Waals surface area contributed by atoms with E-state index in [9.17, 15) is 8.42 Å². The third-order valence-corrected chi connectivity index (χ3v) is 4.46. The van der Waals surface area contributed by atoms with E-state index in [2.05, 4.69) is 11.8 Å². The number of hydrogen-bond donors (Lipinski definition) is 0. The van der Waals surface area contributed by atoms with Crippen molar-refractivity contribution in [1.82, 2.24) is 4.31 Å². The summed E-state index contributed by atoms with van der Waals surface area (Å²) >= 11 is 0. The maximum atomic E-state index is 12.5. The molecule has 1 aromatic carbocycles. The second-order valence-electron chi connectivity index (χ2n) is 4.11. The average Bonchev–Trinajstić information content (AvgIpc) is 2.39. The Morgan fingerprint density at radius 1 is 1.26 bits per heavy atom. The van der Waals surface area contributed by atoms with Crippen LogP contribution in [0.2, 0.25) is 0 Å². The van der Waals surface area contributed by atoms with Gasteiger partial charge in [-0.3, -0.25) is 0 Å². The summed E-state index contributed by atoms with van der Waals surface area (Å²) < 4.78 is 26.3. The van der Waals surface area contributed by atoms with E-state index in [-0.39, 0.29) is 6.54 Å². The highest BCUT2D eigenvalue weighted by atomic mass is 32.2. The van der Waals surface area contributed by atoms with Gasteiger partial charge in [-0.25, -0.2) is 8.42 Å². The number of hydrogen-bond acceptors (Lipinski definition) is 2. The minimum absolute atomic E-state index is 0.205. The lowest BCUT2D eigenvalue weighted by atomic mass is 10.2. The largest absolute Gasteiger partial charge is 0.244 e. The van der Waals surface area contributed by atoms with Crippen LogP contribution in [0.15, 0.2) is 41.3 Å². The van der Waals surface area contributed by atoms with E-state index in [0.717, 1.165) is 5.56 Å². The van der Waals surface area contributed by atoms with Crippen molar-refractivity contribution in [2.45, 2.75) is 25.7 Å². The molecule has 0 aliphatic carbocycles. The van der Waals surface area contributed by atoms with E-state index in [1.807, 2.05) is 26.0 Å². The van der Waals surface area contributed by atoms with Crippen LogP contribution in [0.1, 0.15) is 19.4 Å². The van der Waals surface area contributed by atoms with Gasteiger partial charge in [-0.05, 0) is 32.9 Å². The number of allylic oxidation sites excluding steroid dienone is 1. The topological polar surface area (TPSA) is 37.4 Å². The first kappa shape index (κ1) is 15.5. The van der Waals surface area contributed by atoms with Crippen LogP contribution in [0.3, 0.4) is 0 Å². The van der Waals surface area contributed by atoms with E-state index in [1.165, 1.54) is 4.31 Å². The van der Waals surface area contributed by atoms with Crippen LogP contribution >= 0.6 is 0 Å². The number of aryl methyl sites for hydroxylation is 1. The monoisotopic (exact) mass is 277 g/mol. The molecule has 102 valence electrons. The third-order valence-electron chi connectivity index (χ3n) is 2.64. The Balaban J connectivity index is 3.09. The summed E-state index contributed by atoms with van der Waals surface area (Å²) in [6.07, 6.45) is 3.64. The zero-order valence-electron chi connectivity index (χ0n) is 11.6. The van der Waals surface area contributed by atoms with Crippen LogP contribution in [-0.4, -0.2) is 25.8 Å². The summed E-state index contributed by atoms with van der Waals surface area (Å²) in [7, 11) is -3.48. The SMILES string of the molecule is CC#CCN(C/C=C/C)S(=O)(=O)c1ccc(C)cc1. The summed E-state index contributed by atoms with van der Waals surface area (Å²) in [4.78, 5) is 0.306. The molecule has 1 aromatic rings. The van der Waals surface area contributed by atoms with Crippen LogP contribution in [0.25, 0.3) is 0 Å². The van der Waals surface area contributed by atoms with Crippen LogP contribution in [-0.2, 0) is 10.0 Å². The van der Waals surface area contributed by atoms with Crippen molar-refractivity contribution in [3.8, 4) is 11.8 Å². The number of nitrogens with zero attached hydrogens (tertiary/aromatic N) is 1. The Hall–Kier alpha value is -1.57. The summed E-state index contributed by atoms with van der Waals surface area (Å²) in [6, 6.07) is 6.86. The molecule has 0 aliphatic heterocycles. The molecule has 0 spiro atoms. The Morgan fingerprint density at radius 3 is 2.42 bits per heavy atom. The second-order valence-corrected chi connectivity index (χ2v) is 6.04. The molecular formula is C15H19NO2S. The van der Waals surface area contributed by atoms with Crippen molar-refractivity contribution < 1.29 is 8.42 Å². The predicted octanol–water partition coefficient (Wildman–Crippen LogP) is 2.59. The maximum absolute atomic E-state index is 12.5.